The predicted octanol–water partition coefficient (Wildman–Crippen LogP) is 4.57. The molecule has 15 heavy (non-hydrogen) atoms. The van der Waals surface area contributed by atoms with Gasteiger partial charge >= 0.3 is 0 Å². The molecule has 1 nitrogen and oxygen atoms in total. The lowest BCUT2D eigenvalue weighted by atomic mass is 9.93. The van der Waals surface area contributed by atoms with E-state index in [2.05, 4.69) is 55.8 Å². The van der Waals surface area contributed by atoms with Crippen molar-refractivity contribution in [2.45, 2.75) is 34.1 Å². The molecule has 1 aromatic carbocycles. The Morgan fingerprint density at radius 1 is 1.27 bits per heavy atom. The van der Waals surface area contributed by atoms with Crippen LogP contribution >= 0.6 is 15.9 Å². The van der Waals surface area contributed by atoms with Crippen molar-refractivity contribution in [1.29, 1.82) is 0 Å². The summed E-state index contributed by atoms with van der Waals surface area (Å²) in [7, 11) is 0. The van der Waals surface area contributed by atoms with E-state index in [0.29, 0.717) is 5.41 Å². The van der Waals surface area contributed by atoms with Crippen LogP contribution in [0.2, 0.25) is 0 Å². The van der Waals surface area contributed by atoms with Gasteiger partial charge in [-0.1, -0.05) is 26.8 Å². The molecule has 84 valence electrons. The third kappa shape index (κ3) is 4.70. The first-order valence-electron chi connectivity index (χ1n) is 5.27. The molecule has 0 saturated carbocycles. The van der Waals surface area contributed by atoms with E-state index in [4.69, 9.17) is 4.74 Å². The molecule has 0 unspecified atom stereocenters. The molecular weight excluding hydrogens is 252 g/mol. The molecule has 0 atom stereocenters. The van der Waals surface area contributed by atoms with Gasteiger partial charge < -0.3 is 4.74 Å². The first kappa shape index (κ1) is 12.6. The van der Waals surface area contributed by atoms with Gasteiger partial charge in [0.25, 0.3) is 0 Å². The van der Waals surface area contributed by atoms with E-state index >= 15 is 0 Å². The van der Waals surface area contributed by atoms with Crippen molar-refractivity contribution >= 4 is 15.9 Å². The fourth-order valence-electron chi connectivity index (χ4n) is 1.19. The standard InChI is InChI=1S/C13H19BrO/c1-10-5-6-12(11(14)9-10)15-8-7-13(2,3)4/h5-6,9H,7-8H2,1-4H3. The quantitative estimate of drug-likeness (QED) is 0.782. The topological polar surface area (TPSA) is 9.23 Å². The highest BCUT2D eigenvalue weighted by Crippen LogP contribution is 2.27. The number of halogens is 1. The van der Waals surface area contributed by atoms with Crippen LogP contribution in [0.5, 0.6) is 5.75 Å². The molecule has 0 fully saturated rings. The minimum atomic E-state index is 0.331. The summed E-state index contributed by atoms with van der Waals surface area (Å²) in [5.74, 6) is 0.935. The van der Waals surface area contributed by atoms with Gasteiger partial charge in [-0.25, -0.2) is 0 Å². The monoisotopic (exact) mass is 270 g/mol. The average Bonchev–Trinajstić information content (AvgIpc) is 2.07. The van der Waals surface area contributed by atoms with Crippen LogP contribution in [0, 0.1) is 12.3 Å². The van der Waals surface area contributed by atoms with E-state index in [1.54, 1.807) is 0 Å². The summed E-state index contributed by atoms with van der Waals surface area (Å²) in [6.45, 7) is 9.51. The first-order chi connectivity index (χ1) is 6.88. The molecule has 0 aliphatic rings. The van der Waals surface area contributed by atoms with Crippen LogP contribution in [0.3, 0.4) is 0 Å². The third-order valence-electron chi connectivity index (χ3n) is 2.20. The fourth-order valence-corrected chi connectivity index (χ4v) is 1.80. The number of ether oxygens (including phenoxy) is 1. The highest BCUT2D eigenvalue weighted by atomic mass is 79.9. The van der Waals surface area contributed by atoms with Crippen LogP contribution in [0.15, 0.2) is 22.7 Å². The Kier molecular flexibility index (Phi) is 4.21. The number of hydrogen-bond acceptors (Lipinski definition) is 1. The van der Waals surface area contributed by atoms with Gasteiger partial charge in [0, 0.05) is 0 Å². The van der Waals surface area contributed by atoms with Gasteiger partial charge in [0.2, 0.25) is 0 Å². The SMILES string of the molecule is Cc1ccc(OCCC(C)(C)C)c(Br)c1. The molecule has 0 N–H and O–H groups in total. The van der Waals surface area contributed by atoms with Crippen molar-refractivity contribution in [3.05, 3.63) is 28.2 Å². The summed E-state index contributed by atoms with van der Waals surface area (Å²) in [6, 6.07) is 6.16. The molecule has 0 aliphatic carbocycles. The van der Waals surface area contributed by atoms with Crippen LogP contribution in [-0.2, 0) is 0 Å². The maximum absolute atomic E-state index is 5.72. The second-order valence-corrected chi connectivity index (χ2v) is 5.95. The Labute approximate surface area is 101 Å². The minimum Gasteiger partial charge on any atom is -0.492 e. The van der Waals surface area contributed by atoms with Crippen molar-refractivity contribution in [3.63, 3.8) is 0 Å². The second-order valence-electron chi connectivity index (χ2n) is 5.09. The van der Waals surface area contributed by atoms with Crippen LogP contribution < -0.4 is 4.74 Å². The van der Waals surface area contributed by atoms with Crippen molar-refractivity contribution < 1.29 is 4.74 Å². The van der Waals surface area contributed by atoms with Crippen molar-refractivity contribution in [2.24, 2.45) is 5.41 Å². The van der Waals surface area contributed by atoms with E-state index < -0.39 is 0 Å². The van der Waals surface area contributed by atoms with E-state index in [1.165, 1.54) is 5.56 Å². The molecule has 0 bridgehead atoms. The second kappa shape index (κ2) is 5.02. The van der Waals surface area contributed by atoms with Crippen LogP contribution in [0.25, 0.3) is 0 Å². The molecule has 0 saturated heterocycles. The minimum absolute atomic E-state index is 0.331. The summed E-state index contributed by atoms with van der Waals surface area (Å²) < 4.78 is 6.76. The van der Waals surface area contributed by atoms with Gasteiger partial charge in [0.1, 0.15) is 5.75 Å². The molecule has 0 amide bonds. The number of rotatable bonds is 3. The third-order valence-corrected chi connectivity index (χ3v) is 2.82. The molecule has 1 aromatic rings. The smallest absolute Gasteiger partial charge is 0.133 e. The lowest BCUT2D eigenvalue weighted by molar-refractivity contribution is 0.242. The average molecular weight is 271 g/mol. The lowest BCUT2D eigenvalue weighted by Crippen LogP contribution is -2.11. The number of aryl methyl sites for hydroxylation is 1. The summed E-state index contributed by atoms with van der Waals surface area (Å²) in [5, 5.41) is 0. The predicted molar refractivity (Wildman–Crippen MR) is 68.4 cm³/mol. The molecule has 0 radical (unpaired) electrons. The summed E-state index contributed by atoms with van der Waals surface area (Å²) in [5.41, 5.74) is 1.57. The van der Waals surface area contributed by atoms with E-state index in [9.17, 15) is 0 Å². The van der Waals surface area contributed by atoms with Crippen LogP contribution in [-0.4, -0.2) is 6.61 Å². The lowest BCUT2D eigenvalue weighted by Gasteiger charge is -2.18. The maximum Gasteiger partial charge on any atom is 0.133 e. The Balaban J connectivity index is 2.51. The van der Waals surface area contributed by atoms with Gasteiger partial charge in [-0.05, 0) is 52.4 Å². The molecule has 2 heteroatoms. The molecule has 0 spiro atoms. The number of benzene rings is 1. The Hall–Kier alpha value is -0.500. The van der Waals surface area contributed by atoms with Crippen LogP contribution in [0.1, 0.15) is 32.8 Å². The van der Waals surface area contributed by atoms with E-state index in [-0.39, 0.29) is 0 Å². The molecule has 0 heterocycles. The Morgan fingerprint density at radius 2 is 1.93 bits per heavy atom. The first-order valence-corrected chi connectivity index (χ1v) is 6.07. The molecular formula is C13H19BrO. The van der Waals surface area contributed by atoms with Gasteiger partial charge in [0.05, 0.1) is 11.1 Å². The highest BCUT2D eigenvalue weighted by molar-refractivity contribution is 9.10. The van der Waals surface area contributed by atoms with Crippen molar-refractivity contribution in [3.8, 4) is 5.75 Å². The van der Waals surface area contributed by atoms with Gasteiger partial charge in [-0.3, -0.25) is 0 Å². The Morgan fingerprint density at radius 3 is 2.47 bits per heavy atom. The van der Waals surface area contributed by atoms with E-state index in [1.807, 2.05) is 6.07 Å². The summed E-state index contributed by atoms with van der Waals surface area (Å²) in [4.78, 5) is 0. The Bertz CT molecular complexity index is 326. The largest absolute Gasteiger partial charge is 0.492 e. The summed E-state index contributed by atoms with van der Waals surface area (Å²) in [6.07, 6.45) is 1.06. The zero-order valence-corrected chi connectivity index (χ0v) is 11.5. The van der Waals surface area contributed by atoms with E-state index in [0.717, 1.165) is 23.2 Å². The van der Waals surface area contributed by atoms with Crippen molar-refractivity contribution in [1.82, 2.24) is 0 Å². The van der Waals surface area contributed by atoms with Gasteiger partial charge in [-0.15, -0.1) is 0 Å². The molecule has 0 aromatic heterocycles. The summed E-state index contributed by atoms with van der Waals surface area (Å²) >= 11 is 3.50. The fraction of sp³-hybridized carbons (Fsp3) is 0.538. The highest BCUT2D eigenvalue weighted by Gasteiger charge is 2.10. The number of hydrogen-bond donors (Lipinski definition) is 0. The molecule has 1 rings (SSSR count). The zero-order chi connectivity index (χ0) is 11.5. The normalized spacial score (nSPS) is 11.5. The van der Waals surface area contributed by atoms with Crippen LogP contribution in [0.4, 0.5) is 0 Å². The zero-order valence-electron chi connectivity index (χ0n) is 9.93. The van der Waals surface area contributed by atoms with Gasteiger partial charge in [0.15, 0.2) is 0 Å². The van der Waals surface area contributed by atoms with Crippen molar-refractivity contribution in [2.75, 3.05) is 6.61 Å². The molecule has 0 aliphatic heterocycles. The van der Waals surface area contributed by atoms with Gasteiger partial charge in [-0.2, -0.15) is 0 Å². The maximum atomic E-state index is 5.72.